The lowest BCUT2D eigenvalue weighted by Gasteiger charge is -2.19. The molecule has 1 aromatic rings. The highest BCUT2D eigenvalue weighted by Gasteiger charge is 2.25. The largest absolute Gasteiger partial charge is 0.480 e. The lowest BCUT2D eigenvalue weighted by atomic mass is 10.00. The number of amides is 2. The molecule has 0 saturated carbocycles. The van der Waals surface area contributed by atoms with Gasteiger partial charge in [-0.3, -0.25) is 5.32 Å². The van der Waals surface area contributed by atoms with Gasteiger partial charge >= 0.3 is 12.0 Å². The highest BCUT2D eigenvalue weighted by molar-refractivity contribution is 7.09. The molecule has 2 unspecified atom stereocenters. The first kappa shape index (κ1) is 13.3. The van der Waals surface area contributed by atoms with Crippen LogP contribution in [0.1, 0.15) is 20.3 Å². The summed E-state index contributed by atoms with van der Waals surface area (Å²) in [6.07, 6.45) is 0.650. The summed E-state index contributed by atoms with van der Waals surface area (Å²) in [5, 5.41) is 20.7. The van der Waals surface area contributed by atoms with Crippen LogP contribution in [0.25, 0.3) is 0 Å². The van der Waals surface area contributed by atoms with Gasteiger partial charge in [-0.2, -0.15) is 0 Å². The quantitative estimate of drug-likeness (QED) is 0.711. The van der Waals surface area contributed by atoms with Crippen molar-refractivity contribution in [2.75, 3.05) is 5.32 Å². The molecule has 0 spiro atoms. The number of nitrogens with one attached hydrogen (secondary N) is 2. The molecule has 0 aliphatic heterocycles. The number of carbonyl (C=O) groups is 2. The molecule has 0 saturated heterocycles. The smallest absolute Gasteiger partial charge is 0.326 e. The zero-order chi connectivity index (χ0) is 12.8. The number of carboxylic acids is 1. The predicted octanol–water partition coefficient (Wildman–Crippen LogP) is 0.554. The number of nitrogens with zero attached hydrogens (tertiary/aromatic N) is 3. The van der Waals surface area contributed by atoms with Crippen LogP contribution in [0.3, 0.4) is 0 Å². The second-order valence-electron chi connectivity index (χ2n) is 3.47. The zero-order valence-electron chi connectivity index (χ0n) is 9.38. The second-order valence-corrected chi connectivity index (χ2v) is 4.20. The van der Waals surface area contributed by atoms with E-state index in [1.807, 2.05) is 6.92 Å². The number of aliphatic carboxylic acids is 1. The van der Waals surface area contributed by atoms with Gasteiger partial charge in [-0.15, -0.1) is 0 Å². The summed E-state index contributed by atoms with van der Waals surface area (Å²) >= 11 is 0.909. The van der Waals surface area contributed by atoms with E-state index in [1.54, 1.807) is 6.92 Å². The molecule has 8 nitrogen and oxygen atoms in total. The minimum Gasteiger partial charge on any atom is -0.480 e. The summed E-state index contributed by atoms with van der Waals surface area (Å²) in [6.45, 7) is 3.61. The maximum atomic E-state index is 11.5. The minimum atomic E-state index is -1.06. The molecule has 3 N–H and O–H groups in total. The van der Waals surface area contributed by atoms with Crippen LogP contribution in [0, 0.1) is 5.92 Å². The molecule has 0 aliphatic rings. The van der Waals surface area contributed by atoms with Crippen molar-refractivity contribution in [1.29, 1.82) is 0 Å². The maximum Gasteiger partial charge on any atom is 0.326 e. The Hall–Kier alpha value is -1.77. The van der Waals surface area contributed by atoms with Crippen LogP contribution in [0.4, 0.5) is 9.93 Å². The monoisotopic (exact) mass is 259 g/mol. The van der Waals surface area contributed by atoms with Crippen LogP contribution in [0.15, 0.2) is 0 Å². The van der Waals surface area contributed by atoms with Crippen molar-refractivity contribution >= 4 is 28.7 Å². The van der Waals surface area contributed by atoms with Gasteiger partial charge in [-0.05, 0) is 11.1 Å². The first-order valence-corrected chi connectivity index (χ1v) is 5.77. The fourth-order valence-corrected chi connectivity index (χ4v) is 1.50. The van der Waals surface area contributed by atoms with Gasteiger partial charge in [-0.1, -0.05) is 29.9 Å². The van der Waals surface area contributed by atoms with Gasteiger partial charge in [0.05, 0.1) is 0 Å². The number of anilines is 1. The summed E-state index contributed by atoms with van der Waals surface area (Å²) in [5.74, 6) is -1.23. The van der Waals surface area contributed by atoms with Crippen molar-refractivity contribution in [3.63, 3.8) is 0 Å². The minimum absolute atomic E-state index is 0.161. The first-order valence-electron chi connectivity index (χ1n) is 5.00. The Kier molecular flexibility index (Phi) is 4.76. The van der Waals surface area contributed by atoms with E-state index in [0.717, 1.165) is 11.5 Å². The van der Waals surface area contributed by atoms with Gasteiger partial charge in [0.2, 0.25) is 5.13 Å². The SMILES string of the molecule is CCC(C)C(NC(=O)Nc1nnns1)C(=O)O. The third kappa shape index (κ3) is 3.94. The molecule has 0 radical (unpaired) electrons. The van der Waals surface area contributed by atoms with E-state index >= 15 is 0 Å². The highest BCUT2D eigenvalue weighted by atomic mass is 32.1. The molecule has 0 aromatic carbocycles. The first-order chi connectivity index (χ1) is 8.04. The number of hydrogen-bond donors (Lipinski definition) is 3. The maximum absolute atomic E-state index is 11.5. The molecule has 9 heteroatoms. The molecule has 1 heterocycles. The van der Waals surface area contributed by atoms with Crippen molar-refractivity contribution in [2.24, 2.45) is 5.92 Å². The molecule has 94 valence electrons. The Morgan fingerprint density at radius 2 is 2.24 bits per heavy atom. The number of rotatable bonds is 5. The fraction of sp³-hybridized carbons (Fsp3) is 0.625. The average molecular weight is 259 g/mol. The second kappa shape index (κ2) is 6.09. The summed E-state index contributed by atoms with van der Waals surface area (Å²) < 4.78 is 3.46. The molecule has 1 aromatic heterocycles. The van der Waals surface area contributed by atoms with E-state index in [-0.39, 0.29) is 11.0 Å². The Labute approximate surface area is 102 Å². The summed E-state index contributed by atoms with van der Waals surface area (Å²) in [5.41, 5.74) is 0. The van der Waals surface area contributed by atoms with Crippen molar-refractivity contribution in [3.05, 3.63) is 0 Å². The lowest BCUT2D eigenvalue weighted by molar-refractivity contribution is -0.140. The van der Waals surface area contributed by atoms with Crippen LogP contribution in [-0.4, -0.2) is 37.9 Å². The van der Waals surface area contributed by atoms with Crippen LogP contribution >= 0.6 is 11.5 Å². The Morgan fingerprint density at radius 3 is 2.71 bits per heavy atom. The van der Waals surface area contributed by atoms with Crippen LogP contribution in [0.5, 0.6) is 0 Å². The fourth-order valence-electron chi connectivity index (χ4n) is 1.14. The molecule has 1 rings (SSSR count). The average Bonchev–Trinajstić information content (AvgIpc) is 2.77. The molecular formula is C8H13N5O3S. The van der Waals surface area contributed by atoms with E-state index in [1.165, 1.54) is 0 Å². The number of carbonyl (C=O) groups excluding carboxylic acids is 1. The third-order valence-corrected chi connectivity index (χ3v) is 2.80. The Bertz CT molecular complexity index is 383. The molecule has 2 amide bonds. The Balaban J connectivity index is 2.55. The Morgan fingerprint density at radius 1 is 1.53 bits per heavy atom. The number of hydrogen-bond acceptors (Lipinski definition) is 6. The molecule has 0 bridgehead atoms. The predicted molar refractivity (Wildman–Crippen MR) is 60.7 cm³/mol. The van der Waals surface area contributed by atoms with Crippen LogP contribution in [0.2, 0.25) is 0 Å². The third-order valence-electron chi connectivity index (χ3n) is 2.29. The van der Waals surface area contributed by atoms with E-state index in [2.05, 4.69) is 25.4 Å². The molecular weight excluding hydrogens is 246 g/mol. The number of carboxylic acid groups (broad SMARTS) is 1. The van der Waals surface area contributed by atoms with Crippen molar-refractivity contribution < 1.29 is 14.7 Å². The van der Waals surface area contributed by atoms with Crippen molar-refractivity contribution in [1.82, 2.24) is 20.1 Å². The van der Waals surface area contributed by atoms with E-state index in [9.17, 15) is 9.59 Å². The molecule has 0 aliphatic carbocycles. The van der Waals surface area contributed by atoms with Crippen molar-refractivity contribution in [2.45, 2.75) is 26.3 Å². The summed E-state index contributed by atoms with van der Waals surface area (Å²) in [6, 6.07) is -1.56. The summed E-state index contributed by atoms with van der Waals surface area (Å²) in [4.78, 5) is 22.4. The standard InChI is InChI=1S/C8H13N5O3S/c1-3-4(2)5(6(14)15)9-7(16)10-8-11-12-13-17-8/h4-5H,3H2,1-2H3,(H,14,15)(H2,9,10,11,13,16). The zero-order valence-corrected chi connectivity index (χ0v) is 10.2. The lowest BCUT2D eigenvalue weighted by Crippen LogP contribution is -2.46. The molecule has 0 fully saturated rings. The number of urea groups is 1. The van der Waals surface area contributed by atoms with E-state index < -0.39 is 18.0 Å². The van der Waals surface area contributed by atoms with Gasteiger partial charge in [0, 0.05) is 11.5 Å². The van der Waals surface area contributed by atoms with Gasteiger partial charge in [-0.25, -0.2) is 9.59 Å². The van der Waals surface area contributed by atoms with Gasteiger partial charge in [0.15, 0.2) is 0 Å². The normalized spacial score (nSPS) is 13.8. The number of aromatic nitrogens is 3. The molecule has 2 atom stereocenters. The van der Waals surface area contributed by atoms with Crippen molar-refractivity contribution in [3.8, 4) is 0 Å². The van der Waals surface area contributed by atoms with Crippen LogP contribution < -0.4 is 10.6 Å². The summed E-state index contributed by atoms with van der Waals surface area (Å²) in [7, 11) is 0. The topological polar surface area (TPSA) is 117 Å². The van der Waals surface area contributed by atoms with Gasteiger partial charge in [0.25, 0.3) is 0 Å². The van der Waals surface area contributed by atoms with Gasteiger partial charge < -0.3 is 10.4 Å². The van der Waals surface area contributed by atoms with Crippen LogP contribution in [-0.2, 0) is 4.79 Å². The van der Waals surface area contributed by atoms with E-state index in [0.29, 0.717) is 6.42 Å². The van der Waals surface area contributed by atoms with E-state index in [4.69, 9.17) is 5.11 Å². The molecule has 17 heavy (non-hydrogen) atoms. The van der Waals surface area contributed by atoms with Gasteiger partial charge in [0.1, 0.15) is 6.04 Å². The highest BCUT2D eigenvalue weighted by Crippen LogP contribution is 2.09.